The Kier molecular flexibility index (Phi) is 5.82. The maximum atomic E-state index is 14.4. The van der Waals surface area contributed by atoms with Crippen molar-refractivity contribution < 1.29 is 18.7 Å². The molecule has 0 aliphatic carbocycles. The number of anilines is 1. The standard InChI is InChI=1S/C23H24FN3O3S/c1-15-4-5-16(12-18(15)24)23(21-25-9-11-31-21)8-10-27(14-23)22(28)26-19-13-17(29-2)6-7-20(19)30-3/h4-7,9,11-13H,8,10,14H2,1-3H3,(H,26,28)/t23-/m1/s1. The van der Waals surface area contributed by atoms with Crippen LogP contribution in [-0.2, 0) is 5.41 Å². The van der Waals surface area contributed by atoms with E-state index in [4.69, 9.17) is 9.47 Å². The number of likely N-dealkylation sites (tertiary alicyclic amines) is 1. The highest BCUT2D eigenvalue weighted by Gasteiger charge is 2.45. The molecule has 1 saturated heterocycles. The van der Waals surface area contributed by atoms with Gasteiger partial charge in [-0.05, 0) is 42.7 Å². The van der Waals surface area contributed by atoms with Gasteiger partial charge in [0.2, 0.25) is 0 Å². The van der Waals surface area contributed by atoms with Crippen LogP contribution in [0, 0.1) is 12.7 Å². The molecule has 1 atom stereocenters. The first kappa shape index (κ1) is 21.1. The molecule has 0 spiro atoms. The maximum absolute atomic E-state index is 14.4. The number of benzene rings is 2. The highest BCUT2D eigenvalue weighted by molar-refractivity contribution is 7.09. The first-order chi connectivity index (χ1) is 15.0. The maximum Gasteiger partial charge on any atom is 0.321 e. The molecule has 2 aromatic carbocycles. The third kappa shape index (κ3) is 3.95. The molecule has 2 amide bonds. The van der Waals surface area contributed by atoms with Gasteiger partial charge >= 0.3 is 6.03 Å². The smallest absolute Gasteiger partial charge is 0.321 e. The van der Waals surface area contributed by atoms with E-state index in [1.54, 1.807) is 62.6 Å². The summed E-state index contributed by atoms with van der Waals surface area (Å²) in [5, 5.41) is 5.71. The Balaban J connectivity index is 1.62. The van der Waals surface area contributed by atoms with E-state index in [0.29, 0.717) is 42.3 Å². The topological polar surface area (TPSA) is 63.7 Å². The van der Waals surface area contributed by atoms with Crippen LogP contribution in [0.15, 0.2) is 48.0 Å². The molecule has 31 heavy (non-hydrogen) atoms. The van der Waals surface area contributed by atoms with Crippen molar-refractivity contribution in [2.24, 2.45) is 0 Å². The van der Waals surface area contributed by atoms with Crippen molar-refractivity contribution in [2.75, 3.05) is 32.6 Å². The Bertz CT molecular complexity index is 1090. The average molecular weight is 442 g/mol. The fourth-order valence-corrected chi connectivity index (χ4v) is 4.86. The number of rotatable bonds is 5. The number of methoxy groups -OCH3 is 2. The van der Waals surface area contributed by atoms with Crippen molar-refractivity contribution in [3.05, 3.63) is 69.9 Å². The van der Waals surface area contributed by atoms with Crippen LogP contribution < -0.4 is 14.8 Å². The molecule has 0 unspecified atom stereocenters. The second-order valence-corrected chi connectivity index (χ2v) is 8.45. The summed E-state index contributed by atoms with van der Waals surface area (Å²) in [5.74, 6) is 0.905. The van der Waals surface area contributed by atoms with Crippen molar-refractivity contribution in [3.8, 4) is 11.5 Å². The number of aromatic nitrogens is 1. The minimum absolute atomic E-state index is 0.252. The second kappa shape index (κ2) is 8.55. The van der Waals surface area contributed by atoms with Gasteiger partial charge in [-0.3, -0.25) is 0 Å². The molecule has 1 aromatic heterocycles. The summed E-state index contributed by atoms with van der Waals surface area (Å²) >= 11 is 1.52. The SMILES string of the molecule is COc1ccc(OC)c(NC(=O)N2CC[C@@](c3ccc(C)c(F)c3)(c3nccs3)C2)c1. The molecule has 0 saturated carbocycles. The van der Waals surface area contributed by atoms with Crippen LogP contribution in [0.1, 0.15) is 22.6 Å². The Labute approximate surface area is 184 Å². The first-order valence-corrected chi connectivity index (χ1v) is 10.8. The zero-order chi connectivity index (χ0) is 22.0. The molecule has 8 heteroatoms. The van der Waals surface area contributed by atoms with E-state index in [9.17, 15) is 9.18 Å². The third-order valence-corrected chi connectivity index (χ3v) is 6.75. The largest absolute Gasteiger partial charge is 0.497 e. The molecular weight excluding hydrogens is 417 g/mol. The zero-order valence-corrected chi connectivity index (χ0v) is 18.5. The van der Waals surface area contributed by atoms with E-state index in [1.807, 2.05) is 11.4 Å². The minimum Gasteiger partial charge on any atom is -0.497 e. The lowest BCUT2D eigenvalue weighted by Crippen LogP contribution is -2.37. The lowest BCUT2D eigenvalue weighted by Gasteiger charge is -2.28. The molecule has 3 aromatic rings. The number of nitrogens with zero attached hydrogens (tertiary/aromatic N) is 2. The van der Waals surface area contributed by atoms with Gasteiger partial charge in [-0.1, -0.05) is 12.1 Å². The van der Waals surface area contributed by atoms with Gasteiger partial charge in [0.05, 0.1) is 25.3 Å². The number of hydrogen-bond acceptors (Lipinski definition) is 5. The lowest BCUT2D eigenvalue weighted by atomic mass is 9.80. The zero-order valence-electron chi connectivity index (χ0n) is 17.6. The van der Waals surface area contributed by atoms with Gasteiger partial charge in [0.1, 0.15) is 22.3 Å². The number of carbonyl (C=O) groups excluding carboxylic acids is 1. The van der Waals surface area contributed by atoms with Crippen LogP contribution in [0.25, 0.3) is 0 Å². The monoisotopic (exact) mass is 441 g/mol. The Morgan fingerprint density at radius 1 is 1.23 bits per heavy atom. The molecule has 0 bridgehead atoms. The van der Waals surface area contributed by atoms with Gasteiger partial charge in [-0.2, -0.15) is 0 Å². The molecule has 1 N–H and O–H groups in total. The second-order valence-electron chi connectivity index (χ2n) is 7.55. The quantitative estimate of drug-likeness (QED) is 0.616. The summed E-state index contributed by atoms with van der Waals surface area (Å²) in [5.41, 5.74) is 1.41. The predicted octanol–water partition coefficient (Wildman–Crippen LogP) is 4.83. The first-order valence-electron chi connectivity index (χ1n) is 9.91. The van der Waals surface area contributed by atoms with Gasteiger partial charge in [0.15, 0.2) is 0 Å². The number of hydrogen-bond donors (Lipinski definition) is 1. The van der Waals surface area contributed by atoms with Crippen LogP contribution >= 0.6 is 11.3 Å². The number of urea groups is 1. The average Bonchev–Trinajstić information content (AvgIpc) is 3.46. The van der Waals surface area contributed by atoms with E-state index in [1.165, 1.54) is 11.3 Å². The molecule has 4 rings (SSSR count). The van der Waals surface area contributed by atoms with Gasteiger partial charge in [0, 0.05) is 30.7 Å². The lowest BCUT2D eigenvalue weighted by molar-refractivity contribution is 0.220. The number of nitrogens with one attached hydrogen (secondary N) is 1. The summed E-state index contributed by atoms with van der Waals surface area (Å²) in [6, 6.07) is 10.3. The molecule has 0 radical (unpaired) electrons. The summed E-state index contributed by atoms with van der Waals surface area (Å²) in [6.45, 7) is 2.67. The van der Waals surface area contributed by atoms with Crippen LogP contribution in [0.2, 0.25) is 0 Å². The van der Waals surface area contributed by atoms with Gasteiger partial charge in [0.25, 0.3) is 0 Å². The highest BCUT2D eigenvalue weighted by Crippen LogP contribution is 2.42. The third-order valence-electron chi connectivity index (χ3n) is 5.77. The number of halogens is 1. The Hall–Kier alpha value is -3.13. The number of amides is 2. The van der Waals surface area contributed by atoms with Crippen molar-refractivity contribution >= 4 is 23.1 Å². The molecule has 1 fully saturated rings. The number of thiazole rings is 1. The Morgan fingerprint density at radius 3 is 2.74 bits per heavy atom. The van der Waals surface area contributed by atoms with E-state index in [0.717, 1.165) is 10.6 Å². The molecular formula is C23H24FN3O3S. The summed E-state index contributed by atoms with van der Waals surface area (Å²) in [4.78, 5) is 19.4. The summed E-state index contributed by atoms with van der Waals surface area (Å²) < 4.78 is 25.0. The van der Waals surface area contributed by atoms with Gasteiger partial charge < -0.3 is 19.7 Å². The van der Waals surface area contributed by atoms with Crippen molar-refractivity contribution in [3.63, 3.8) is 0 Å². The van der Waals surface area contributed by atoms with Crippen LogP contribution in [0.4, 0.5) is 14.9 Å². The van der Waals surface area contributed by atoms with Crippen LogP contribution in [0.3, 0.4) is 0 Å². The van der Waals surface area contributed by atoms with Crippen molar-refractivity contribution in [2.45, 2.75) is 18.8 Å². The molecule has 1 aliphatic heterocycles. The number of aryl methyl sites for hydroxylation is 1. The number of carbonyl (C=O) groups is 1. The normalized spacial score (nSPS) is 18.1. The summed E-state index contributed by atoms with van der Waals surface area (Å²) in [7, 11) is 3.11. The fourth-order valence-electron chi connectivity index (χ4n) is 3.97. The van der Waals surface area contributed by atoms with Crippen LogP contribution in [0.5, 0.6) is 11.5 Å². The van der Waals surface area contributed by atoms with E-state index < -0.39 is 5.41 Å². The minimum atomic E-state index is -0.543. The number of ether oxygens (including phenoxy) is 2. The molecule has 1 aliphatic rings. The van der Waals surface area contributed by atoms with Gasteiger partial charge in [-0.25, -0.2) is 14.2 Å². The van der Waals surface area contributed by atoms with Crippen LogP contribution in [-0.4, -0.2) is 43.2 Å². The van der Waals surface area contributed by atoms with Crippen molar-refractivity contribution in [1.29, 1.82) is 0 Å². The van der Waals surface area contributed by atoms with Crippen molar-refractivity contribution in [1.82, 2.24) is 9.88 Å². The fraction of sp³-hybridized carbons (Fsp3) is 0.304. The molecule has 2 heterocycles. The highest BCUT2D eigenvalue weighted by atomic mass is 32.1. The Morgan fingerprint density at radius 2 is 2.06 bits per heavy atom. The molecule has 162 valence electrons. The van der Waals surface area contributed by atoms with Gasteiger partial charge in [-0.15, -0.1) is 11.3 Å². The van der Waals surface area contributed by atoms with E-state index >= 15 is 0 Å². The summed E-state index contributed by atoms with van der Waals surface area (Å²) in [6.07, 6.45) is 2.40. The van der Waals surface area contributed by atoms with E-state index in [2.05, 4.69) is 10.3 Å². The van der Waals surface area contributed by atoms with E-state index in [-0.39, 0.29) is 11.8 Å². The molecule has 6 nitrogen and oxygen atoms in total. The predicted molar refractivity (Wildman–Crippen MR) is 119 cm³/mol.